The highest BCUT2D eigenvalue weighted by molar-refractivity contribution is 4.51. The van der Waals surface area contributed by atoms with Crippen molar-refractivity contribution in [3.05, 3.63) is 0 Å². The smallest absolute Gasteiger partial charge is 0.146 e. The molecular weight excluding hydrogens is 140 g/mol. The Balaban J connectivity index is 0.000000112. The lowest BCUT2D eigenvalue weighted by atomic mass is 10.0. The molecule has 0 amide bonds. The van der Waals surface area contributed by atoms with E-state index < -0.39 is 0 Å². The van der Waals surface area contributed by atoms with Gasteiger partial charge >= 0.3 is 0 Å². The summed E-state index contributed by atoms with van der Waals surface area (Å²) in [6, 6.07) is 0. The van der Waals surface area contributed by atoms with E-state index in [0.717, 1.165) is 13.2 Å². The van der Waals surface area contributed by atoms with Gasteiger partial charge in [-0.2, -0.15) is 0 Å². The van der Waals surface area contributed by atoms with Gasteiger partial charge in [0.2, 0.25) is 0 Å². The molecule has 0 aromatic heterocycles. The highest BCUT2D eigenvalue weighted by atomic mass is 16.7. The molecule has 1 aliphatic carbocycles. The molecule has 2 fully saturated rings. The van der Waals surface area contributed by atoms with Crippen LogP contribution in [0.3, 0.4) is 0 Å². The molecule has 0 aromatic rings. The summed E-state index contributed by atoms with van der Waals surface area (Å²) < 4.78 is 9.44. The van der Waals surface area contributed by atoms with E-state index in [4.69, 9.17) is 9.47 Å². The summed E-state index contributed by atoms with van der Waals surface area (Å²) >= 11 is 0. The van der Waals surface area contributed by atoms with Crippen LogP contribution in [0.25, 0.3) is 0 Å². The first-order valence-electron chi connectivity index (χ1n) is 4.65. The molecule has 11 heavy (non-hydrogen) atoms. The molecule has 0 N–H and O–H groups in total. The van der Waals surface area contributed by atoms with Crippen LogP contribution in [0, 0.1) is 0 Å². The molecule has 2 heteroatoms. The summed E-state index contributed by atoms with van der Waals surface area (Å²) in [4.78, 5) is 0. The largest absolute Gasteiger partial charge is 0.353 e. The Morgan fingerprint density at radius 1 is 0.545 bits per heavy atom. The van der Waals surface area contributed by atoms with Crippen molar-refractivity contribution in [3.8, 4) is 0 Å². The summed E-state index contributed by atoms with van der Waals surface area (Å²) in [5, 5.41) is 0. The van der Waals surface area contributed by atoms with E-state index in [1.165, 1.54) is 38.5 Å². The summed E-state index contributed by atoms with van der Waals surface area (Å²) in [6.07, 6.45) is 9.00. The summed E-state index contributed by atoms with van der Waals surface area (Å²) in [5.41, 5.74) is 0. The van der Waals surface area contributed by atoms with Crippen LogP contribution in [-0.4, -0.2) is 20.0 Å². The molecular formula is C9H18O2. The van der Waals surface area contributed by atoms with Crippen molar-refractivity contribution in [2.75, 3.05) is 20.0 Å². The first kappa shape index (κ1) is 9.01. The van der Waals surface area contributed by atoms with Crippen molar-refractivity contribution in [3.63, 3.8) is 0 Å². The maximum absolute atomic E-state index is 4.72. The molecule has 0 bridgehead atoms. The maximum Gasteiger partial charge on any atom is 0.146 e. The summed E-state index contributed by atoms with van der Waals surface area (Å²) in [5.74, 6) is 0. The van der Waals surface area contributed by atoms with Gasteiger partial charge in [-0.15, -0.1) is 0 Å². The fourth-order valence-corrected chi connectivity index (χ4v) is 1.36. The van der Waals surface area contributed by atoms with Gasteiger partial charge < -0.3 is 9.47 Å². The minimum Gasteiger partial charge on any atom is -0.353 e. The zero-order valence-electron chi connectivity index (χ0n) is 7.18. The highest BCUT2D eigenvalue weighted by Gasteiger charge is 1.95. The normalized spacial score (nSPS) is 24.0. The van der Waals surface area contributed by atoms with Gasteiger partial charge in [0.25, 0.3) is 0 Å². The predicted molar refractivity (Wildman–Crippen MR) is 44.5 cm³/mol. The van der Waals surface area contributed by atoms with Crippen LogP contribution in [-0.2, 0) is 9.47 Å². The van der Waals surface area contributed by atoms with Gasteiger partial charge in [-0.3, -0.25) is 0 Å². The second kappa shape index (κ2) is 6.62. The Hall–Kier alpha value is -0.0800. The van der Waals surface area contributed by atoms with Crippen molar-refractivity contribution in [1.29, 1.82) is 0 Å². The van der Waals surface area contributed by atoms with Crippen LogP contribution in [0.4, 0.5) is 0 Å². The van der Waals surface area contributed by atoms with E-state index in [1.807, 2.05) is 0 Å². The molecule has 1 saturated heterocycles. The minimum absolute atomic E-state index is 0.500. The Kier molecular flexibility index (Phi) is 5.42. The van der Waals surface area contributed by atoms with Gasteiger partial charge in [-0.05, 0) is 0 Å². The molecule has 1 aliphatic heterocycles. The zero-order valence-corrected chi connectivity index (χ0v) is 7.18. The molecule has 0 unspecified atom stereocenters. The Morgan fingerprint density at radius 3 is 1.09 bits per heavy atom. The van der Waals surface area contributed by atoms with Gasteiger partial charge in [-0.1, -0.05) is 38.5 Å². The number of hydrogen-bond acceptors (Lipinski definition) is 2. The standard InChI is InChI=1S/C6H12.C3H6O2/c1-2-4-6-5-3-1;1-2-5-3-4-1/h1-6H2;1-3H2. The highest BCUT2D eigenvalue weighted by Crippen LogP contribution is 2.15. The fraction of sp³-hybridized carbons (Fsp3) is 1.00. The lowest BCUT2D eigenvalue weighted by Crippen LogP contribution is -1.85. The number of rotatable bonds is 0. The van der Waals surface area contributed by atoms with Gasteiger partial charge in [0, 0.05) is 0 Å². The van der Waals surface area contributed by atoms with E-state index in [2.05, 4.69) is 0 Å². The third kappa shape index (κ3) is 5.22. The molecule has 0 spiro atoms. The lowest BCUT2D eigenvalue weighted by Gasteiger charge is -2.05. The second-order valence-corrected chi connectivity index (χ2v) is 3.06. The molecule has 0 aromatic carbocycles. The Morgan fingerprint density at radius 2 is 0.909 bits per heavy atom. The molecule has 2 rings (SSSR count). The lowest BCUT2D eigenvalue weighted by molar-refractivity contribution is 0.0692. The van der Waals surface area contributed by atoms with Crippen molar-refractivity contribution in [1.82, 2.24) is 0 Å². The van der Waals surface area contributed by atoms with E-state index in [9.17, 15) is 0 Å². The van der Waals surface area contributed by atoms with Crippen molar-refractivity contribution in [2.24, 2.45) is 0 Å². The second-order valence-electron chi connectivity index (χ2n) is 3.06. The Labute approximate surface area is 68.9 Å². The average Bonchev–Trinajstić information content (AvgIpc) is 2.64. The molecule has 2 nitrogen and oxygen atoms in total. The van der Waals surface area contributed by atoms with Crippen molar-refractivity contribution >= 4 is 0 Å². The number of hydrogen-bond donors (Lipinski definition) is 0. The molecule has 66 valence electrons. The van der Waals surface area contributed by atoms with Crippen molar-refractivity contribution in [2.45, 2.75) is 38.5 Å². The Bertz CT molecular complexity index is 56.5. The van der Waals surface area contributed by atoms with Crippen LogP contribution in [0.5, 0.6) is 0 Å². The van der Waals surface area contributed by atoms with Crippen molar-refractivity contribution < 1.29 is 9.47 Å². The SMILES string of the molecule is C1CCCCC1.C1COCO1. The van der Waals surface area contributed by atoms with E-state index in [1.54, 1.807) is 0 Å². The van der Waals surface area contributed by atoms with E-state index >= 15 is 0 Å². The van der Waals surface area contributed by atoms with Crippen LogP contribution >= 0.6 is 0 Å². The van der Waals surface area contributed by atoms with Crippen LogP contribution in [0.2, 0.25) is 0 Å². The van der Waals surface area contributed by atoms with Gasteiger partial charge in [0.1, 0.15) is 6.79 Å². The van der Waals surface area contributed by atoms with Crippen LogP contribution < -0.4 is 0 Å². The number of ether oxygens (including phenoxy) is 2. The van der Waals surface area contributed by atoms with Crippen LogP contribution in [0.15, 0.2) is 0 Å². The monoisotopic (exact) mass is 158 g/mol. The van der Waals surface area contributed by atoms with E-state index in [-0.39, 0.29) is 0 Å². The summed E-state index contributed by atoms with van der Waals surface area (Å²) in [6.45, 7) is 2.06. The first-order chi connectivity index (χ1) is 5.50. The third-order valence-electron chi connectivity index (χ3n) is 2.04. The average molecular weight is 158 g/mol. The third-order valence-corrected chi connectivity index (χ3v) is 2.04. The topological polar surface area (TPSA) is 18.5 Å². The molecule has 1 saturated carbocycles. The maximum atomic E-state index is 4.72. The van der Waals surface area contributed by atoms with Crippen LogP contribution in [0.1, 0.15) is 38.5 Å². The van der Waals surface area contributed by atoms with Gasteiger partial charge in [-0.25, -0.2) is 0 Å². The quantitative estimate of drug-likeness (QED) is 0.538. The molecule has 1 heterocycles. The molecule has 2 aliphatic rings. The summed E-state index contributed by atoms with van der Waals surface area (Å²) in [7, 11) is 0. The molecule has 0 atom stereocenters. The molecule has 0 radical (unpaired) electrons. The fourth-order valence-electron chi connectivity index (χ4n) is 1.36. The predicted octanol–water partition coefficient (Wildman–Crippen LogP) is 2.33. The zero-order chi connectivity index (χ0) is 7.78. The van der Waals surface area contributed by atoms with E-state index in [0.29, 0.717) is 6.79 Å². The van der Waals surface area contributed by atoms with Gasteiger partial charge in [0.15, 0.2) is 0 Å². The van der Waals surface area contributed by atoms with Gasteiger partial charge in [0.05, 0.1) is 13.2 Å². The minimum atomic E-state index is 0.500. The first-order valence-corrected chi connectivity index (χ1v) is 4.65.